The third kappa shape index (κ3) is 7.57. The second kappa shape index (κ2) is 7.84. The first-order chi connectivity index (χ1) is 6.20. The highest BCUT2D eigenvalue weighted by Gasteiger charge is 2.06. The number of allylic oxidation sites excluding steroid dienone is 2. The highest BCUT2D eigenvalue weighted by Crippen LogP contribution is 2.10. The summed E-state index contributed by atoms with van der Waals surface area (Å²) >= 11 is 0. The van der Waals surface area contributed by atoms with Gasteiger partial charge in [-0.25, -0.2) is 0 Å². The number of carbonyl (C=O) groups is 1. The number of carboxylic acids is 1. The number of hydrogen-bond donors (Lipinski definition) is 1. The van der Waals surface area contributed by atoms with Crippen LogP contribution < -0.4 is 0 Å². The van der Waals surface area contributed by atoms with E-state index in [0.29, 0.717) is 0 Å². The number of unbranched alkanes of at least 4 members (excludes halogenated alkanes) is 2. The summed E-state index contributed by atoms with van der Waals surface area (Å²) in [5.41, 5.74) is 0. The molecule has 0 fully saturated rings. The second-order valence-electron chi connectivity index (χ2n) is 3.34. The summed E-state index contributed by atoms with van der Waals surface area (Å²) in [6, 6.07) is 0. The van der Waals surface area contributed by atoms with E-state index in [2.05, 4.69) is 13.0 Å². The summed E-state index contributed by atoms with van der Waals surface area (Å²) < 4.78 is 0. The largest absolute Gasteiger partial charge is 0.481 e. The van der Waals surface area contributed by atoms with E-state index in [1.54, 1.807) is 0 Å². The number of rotatable bonds is 7. The van der Waals surface area contributed by atoms with Gasteiger partial charge in [-0.2, -0.15) is 0 Å². The Labute approximate surface area is 80.7 Å². The van der Waals surface area contributed by atoms with Crippen LogP contribution in [0.5, 0.6) is 0 Å². The van der Waals surface area contributed by atoms with E-state index in [1.165, 1.54) is 12.8 Å². The van der Waals surface area contributed by atoms with E-state index in [-0.39, 0.29) is 12.3 Å². The molecule has 76 valence electrons. The highest BCUT2D eigenvalue weighted by molar-refractivity contribution is 5.67. The molecule has 0 rings (SSSR count). The van der Waals surface area contributed by atoms with Crippen LogP contribution in [0.1, 0.15) is 46.0 Å². The maximum absolute atomic E-state index is 10.4. The third-order valence-electron chi connectivity index (χ3n) is 2.09. The Hall–Kier alpha value is -0.790. The molecule has 1 N–H and O–H groups in total. The molecule has 0 saturated carbocycles. The van der Waals surface area contributed by atoms with Gasteiger partial charge in [0.2, 0.25) is 0 Å². The highest BCUT2D eigenvalue weighted by atomic mass is 16.4. The molecule has 0 amide bonds. The Morgan fingerprint density at radius 3 is 2.62 bits per heavy atom. The SMILES string of the molecule is CCCC/C=C/C(CC)CC(=O)O. The van der Waals surface area contributed by atoms with Crippen molar-refractivity contribution in [2.45, 2.75) is 46.0 Å². The van der Waals surface area contributed by atoms with Crippen molar-refractivity contribution in [1.29, 1.82) is 0 Å². The molecule has 0 aliphatic carbocycles. The zero-order valence-corrected chi connectivity index (χ0v) is 8.62. The molecule has 0 aromatic carbocycles. The first-order valence-corrected chi connectivity index (χ1v) is 5.09. The van der Waals surface area contributed by atoms with Crippen molar-refractivity contribution in [3.63, 3.8) is 0 Å². The number of carboxylic acid groups (broad SMARTS) is 1. The van der Waals surface area contributed by atoms with Crippen LogP contribution in [-0.2, 0) is 4.79 Å². The lowest BCUT2D eigenvalue weighted by Gasteiger charge is -2.05. The van der Waals surface area contributed by atoms with Crippen molar-refractivity contribution in [2.24, 2.45) is 5.92 Å². The van der Waals surface area contributed by atoms with E-state index in [0.717, 1.165) is 12.8 Å². The molecule has 0 bridgehead atoms. The molecule has 2 heteroatoms. The van der Waals surface area contributed by atoms with Gasteiger partial charge in [-0.15, -0.1) is 0 Å². The molecule has 0 aliphatic rings. The van der Waals surface area contributed by atoms with Gasteiger partial charge in [0.25, 0.3) is 0 Å². The lowest BCUT2D eigenvalue weighted by atomic mass is 10.0. The molecule has 1 unspecified atom stereocenters. The Morgan fingerprint density at radius 1 is 1.46 bits per heavy atom. The van der Waals surface area contributed by atoms with E-state index in [4.69, 9.17) is 5.11 Å². The van der Waals surface area contributed by atoms with E-state index >= 15 is 0 Å². The van der Waals surface area contributed by atoms with Gasteiger partial charge in [0.15, 0.2) is 0 Å². The first-order valence-electron chi connectivity index (χ1n) is 5.09. The predicted molar refractivity (Wildman–Crippen MR) is 54.7 cm³/mol. The van der Waals surface area contributed by atoms with Gasteiger partial charge in [-0.1, -0.05) is 38.8 Å². The van der Waals surface area contributed by atoms with Crippen molar-refractivity contribution in [3.8, 4) is 0 Å². The Balaban J connectivity index is 3.69. The minimum Gasteiger partial charge on any atom is -0.481 e. The summed E-state index contributed by atoms with van der Waals surface area (Å²) in [7, 11) is 0. The molecule has 0 aliphatic heterocycles. The van der Waals surface area contributed by atoms with Crippen LogP contribution in [0.3, 0.4) is 0 Å². The molecule has 0 aromatic heterocycles. The molecule has 1 atom stereocenters. The van der Waals surface area contributed by atoms with Crippen molar-refractivity contribution in [3.05, 3.63) is 12.2 Å². The van der Waals surface area contributed by atoms with Crippen molar-refractivity contribution >= 4 is 5.97 Å². The molecule has 0 heterocycles. The lowest BCUT2D eigenvalue weighted by molar-refractivity contribution is -0.137. The van der Waals surface area contributed by atoms with Crippen molar-refractivity contribution < 1.29 is 9.90 Å². The summed E-state index contributed by atoms with van der Waals surface area (Å²) in [4.78, 5) is 10.4. The minimum atomic E-state index is -0.702. The van der Waals surface area contributed by atoms with E-state index in [9.17, 15) is 4.79 Å². The molecule has 2 nitrogen and oxygen atoms in total. The quantitative estimate of drug-likeness (QED) is 0.487. The van der Waals surface area contributed by atoms with Gasteiger partial charge >= 0.3 is 5.97 Å². The maximum Gasteiger partial charge on any atom is 0.303 e. The normalized spacial score (nSPS) is 13.4. The van der Waals surface area contributed by atoms with Crippen LogP contribution in [-0.4, -0.2) is 11.1 Å². The van der Waals surface area contributed by atoms with Gasteiger partial charge in [0, 0.05) is 0 Å². The van der Waals surface area contributed by atoms with Crippen molar-refractivity contribution in [2.75, 3.05) is 0 Å². The molecule has 0 radical (unpaired) electrons. The van der Waals surface area contributed by atoms with Gasteiger partial charge in [-0.05, 0) is 18.8 Å². The Kier molecular flexibility index (Phi) is 7.36. The van der Waals surface area contributed by atoms with Gasteiger partial charge in [-0.3, -0.25) is 4.79 Å². The molecule has 0 saturated heterocycles. The van der Waals surface area contributed by atoms with E-state index < -0.39 is 5.97 Å². The number of aliphatic carboxylic acids is 1. The first kappa shape index (κ1) is 12.2. The second-order valence-corrected chi connectivity index (χ2v) is 3.34. The molecule has 13 heavy (non-hydrogen) atoms. The maximum atomic E-state index is 10.4. The fourth-order valence-corrected chi connectivity index (χ4v) is 1.18. The monoisotopic (exact) mass is 184 g/mol. The summed E-state index contributed by atoms with van der Waals surface area (Å²) in [6.07, 6.45) is 8.80. The topological polar surface area (TPSA) is 37.3 Å². The van der Waals surface area contributed by atoms with Crippen LogP contribution >= 0.6 is 0 Å². The van der Waals surface area contributed by atoms with Crippen molar-refractivity contribution in [1.82, 2.24) is 0 Å². The zero-order valence-electron chi connectivity index (χ0n) is 8.62. The Bertz CT molecular complexity index is 161. The van der Waals surface area contributed by atoms with E-state index in [1.807, 2.05) is 13.0 Å². The summed E-state index contributed by atoms with van der Waals surface area (Å²) in [5.74, 6) is -0.485. The number of hydrogen-bond acceptors (Lipinski definition) is 1. The summed E-state index contributed by atoms with van der Waals surface area (Å²) in [5, 5.41) is 8.58. The minimum absolute atomic E-state index is 0.217. The van der Waals surface area contributed by atoms with Gasteiger partial charge in [0.1, 0.15) is 0 Å². The predicted octanol–water partition coefficient (Wildman–Crippen LogP) is 3.23. The lowest BCUT2D eigenvalue weighted by Crippen LogP contribution is -2.03. The van der Waals surface area contributed by atoms with Crippen LogP contribution in [0.25, 0.3) is 0 Å². The summed E-state index contributed by atoms with van der Waals surface area (Å²) in [6.45, 7) is 4.18. The zero-order chi connectivity index (χ0) is 10.1. The van der Waals surface area contributed by atoms with Gasteiger partial charge < -0.3 is 5.11 Å². The third-order valence-corrected chi connectivity index (χ3v) is 2.09. The Morgan fingerprint density at radius 2 is 2.15 bits per heavy atom. The van der Waals surface area contributed by atoms with Crippen LogP contribution in [0.2, 0.25) is 0 Å². The smallest absolute Gasteiger partial charge is 0.303 e. The molecule has 0 aromatic rings. The average molecular weight is 184 g/mol. The van der Waals surface area contributed by atoms with Crippen LogP contribution in [0.15, 0.2) is 12.2 Å². The van der Waals surface area contributed by atoms with Crippen LogP contribution in [0.4, 0.5) is 0 Å². The molecule has 0 spiro atoms. The average Bonchev–Trinajstić information content (AvgIpc) is 2.09. The molecular weight excluding hydrogens is 164 g/mol. The molecular formula is C11H20O2. The fourth-order valence-electron chi connectivity index (χ4n) is 1.18. The van der Waals surface area contributed by atoms with Gasteiger partial charge in [0.05, 0.1) is 6.42 Å². The fraction of sp³-hybridized carbons (Fsp3) is 0.727. The van der Waals surface area contributed by atoms with Crippen LogP contribution in [0, 0.1) is 5.92 Å². The standard InChI is InChI=1S/C11H20O2/c1-3-5-6-7-8-10(4-2)9-11(12)13/h7-8,10H,3-6,9H2,1-2H3,(H,12,13)/b8-7+.